The van der Waals surface area contributed by atoms with E-state index in [9.17, 15) is 14.0 Å². The summed E-state index contributed by atoms with van der Waals surface area (Å²) in [5.41, 5.74) is 6.58. The summed E-state index contributed by atoms with van der Waals surface area (Å²) < 4.78 is 17.3. The fourth-order valence-electron chi connectivity index (χ4n) is 2.49. The van der Waals surface area contributed by atoms with Crippen LogP contribution in [0.15, 0.2) is 30.3 Å². The van der Waals surface area contributed by atoms with E-state index in [-0.39, 0.29) is 31.3 Å². The lowest BCUT2D eigenvalue weighted by Crippen LogP contribution is -2.45. The molecule has 128 valence electrons. The first-order valence-corrected chi connectivity index (χ1v) is 7.66. The van der Waals surface area contributed by atoms with Gasteiger partial charge in [-0.05, 0) is 18.4 Å². The lowest BCUT2D eigenvalue weighted by molar-refractivity contribution is -0.147. The highest BCUT2D eigenvalue weighted by molar-refractivity contribution is 5.84. The van der Waals surface area contributed by atoms with E-state index >= 15 is 0 Å². The largest absolute Gasteiger partial charge is 0.469 e. The quantitative estimate of drug-likeness (QED) is 0.700. The number of amides is 1. The van der Waals surface area contributed by atoms with Crippen LogP contribution in [0, 0.1) is 5.92 Å². The molecule has 0 aliphatic rings. The number of hydrogen-bond acceptors (Lipinski definition) is 4. The number of carbonyl (C=O) groups is 2. The zero-order valence-corrected chi connectivity index (χ0v) is 13.7. The Bertz CT molecular complexity index is 496. The molecule has 1 aromatic rings. The van der Waals surface area contributed by atoms with Gasteiger partial charge in [0.05, 0.1) is 26.1 Å². The number of benzene rings is 1. The van der Waals surface area contributed by atoms with E-state index in [1.807, 2.05) is 30.3 Å². The molecule has 6 heteroatoms. The third kappa shape index (κ3) is 5.98. The summed E-state index contributed by atoms with van der Waals surface area (Å²) in [4.78, 5) is 25.8. The van der Waals surface area contributed by atoms with Crippen molar-refractivity contribution in [3.63, 3.8) is 0 Å². The fourth-order valence-corrected chi connectivity index (χ4v) is 2.49. The van der Waals surface area contributed by atoms with Crippen molar-refractivity contribution in [2.45, 2.75) is 25.3 Å². The number of methoxy groups -OCH3 is 1. The molecule has 0 spiro atoms. The number of esters is 1. The molecule has 0 aromatic heterocycles. The molecule has 1 aromatic carbocycles. The van der Waals surface area contributed by atoms with E-state index in [4.69, 9.17) is 5.73 Å². The summed E-state index contributed by atoms with van der Waals surface area (Å²) in [6.07, 6.45) is 0.600. The smallest absolute Gasteiger partial charge is 0.306 e. The van der Waals surface area contributed by atoms with Gasteiger partial charge in [-0.25, -0.2) is 0 Å². The van der Waals surface area contributed by atoms with E-state index in [1.54, 1.807) is 7.05 Å². The van der Waals surface area contributed by atoms with Gasteiger partial charge in [-0.2, -0.15) is 0 Å². The number of likely N-dealkylation sites (N-methyl/N-ethyl adjacent to an activating group) is 1. The Hall–Kier alpha value is -1.95. The number of hydrogen-bond donors (Lipinski definition) is 1. The first-order valence-electron chi connectivity index (χ1n) is 7.66. The molecule has 1 amide bonds. The molecule has 0 heterocycles. The minimum absolute atomic E-state index is 0.0124. The second-order valence-corrected chi connectivity index (χ2v) is 5.48. The summed E-state index contributed by atoms with van der Waals surface area (Å²) >= 11 is 0. The summed E-state index contributed by atoms with van der Waals surface area (Å²) in [5, 5.41) is 0. The van der Waals surface area contributed by atoms with Crippen molar-refractivity contribution in [3.8, 4) is 0 Å². The van der Waals surface area contributed by atoms with Gasteiger partial charge in [0.2, 0.25) is 5.91 Å². The molecular formula is C17H25FN2O3. The zero-order chi connectivity index (χ0) is 17.2. The molecular weight excluding hydrogens is 299 g/mol. The van der Waals surface area contributed by atoms with E-state index in [1.165, 1.54) is 12.0 Å². The Balaban J connectivity index is 2.88. The van der Waals surface area contributed by atoms with Crippen LogP contribution >= 0.6 is 0 Å². The second kappa shape index (κ2) is 9.94. The highest BCUT2D eigenvalue weighted by Gasteiger charge is 2.28. The second-order valence-electron chi connectivity index (χ2n) is 5.48. The fraction of sp³-hybridized carbons (Fsp3) is 0.529. The van der Waals surface area contributed by atoms with Crippen molar-refractivity contribution >= 4 is 11.9 Å². The predicted octanol–water partition coefficient (Wildman–Crippen LogP) is 1.55. The van der Waals surface area contributed by atoms with Crippen molar-refractivity contribution in [2.75, 3.05) is 27.4 Å². The molecule has 0 saturated carbocycles. The SMILES string of the molecule is COC(=O)C[C@@H](Cc1ccccc1)C(=O)N(C)[C@H](CN)CCF. The van der Waals surface area contributed by atoms with E-state index in [2.05, 4.69) is 4.74 Å². The number of nitrogens with two attached hydrogens (primary N) is 1. The molecule has 0 fully saturated rings. The predicted molar refractivity (Wildman–Crippen MR) is 86.5 cm³/mol. The van der Waals surface area contributed by atoms with Crippen molar-refractivity contribution < 1.29 is 18.7 Å². The van der Waals surface area contributed by atoms with E-state index in [0.29, 0.717) is 6.42 Å². The standard InChI is InChI=1S/C17H25FN2O3/c1-20(15(12-19)8-9-18)17(22)14(11-16(21)23-2)10-13-6-4-3-5-7-13/h3-7,14-15H,8-12,19H2,1-2H3/t14-,15+/m1/s1. The highest BCUT2D eigenvalue weighted by Crippen LogP contribution is 2.18. The van der Waals surface area contributed by atoms with E-state index < -0.39 is 18.6 Å². The molecule has 0 radical (unpaired) electrons. The molecule has 2 atom stereocenters. The highest BCUT2D eigenvalue weighted by atomic mass is 19.1. The number of nitrogens with zero attached hydrogens (tertiary/aromatic N) is 1. The van der Waals surface area contributed by atoms with Gasteiger partial charge in [0.15, 0.2) is 0 Å². The normalized spacial score (nSPS) is 13.2. The van der Waals surface area contributed by atoms with Gasteiger partial charge >= 0.3 is 5.97 Å². The number of halogens is 1. The van der Waals surface area contributed by atoms with Crippen LogP contribution in [0.4, 0.5) is 4.39 Å². The molecule has 0 aliphatic heterocycles. The minimum Gasteiger partial charge on any atom is -0.469 e. The average molecular weight is 324 g/mol. The molecule has 1 rings (SSSR count). The van der Waals surface area contributed by atoms with Crippen LogP contribution in [0.2, 0.25) is 0 Å². The number of rotatable bonds is 9. The monoisotopic (exact) mass is 324 g/mol. The van der Waals surface area contributed by atoms with Crippen LogP contribution < -0.4 is 5.73 Å². The lowest BCUT2D eigenvalue weighted by Gasteiger charge is -2.30. The number of ether oxygens (including phenoxy) is 1. The van der Waals surface area contributed by atoms with Gasteiger partial charge in [0, 0.05) is 19.6 Å². The van der Waals surface area contributed by atoms with Crippen LogP contribution in [-0.4, -0.2) is 50.2 Å². The third-order valence-electron chi connectivity index (χ3n) is 3.92. The van der Waals surface area contributed by atoms with E-state index in [0.717, 1.165) is 5.56 Å². The maximum absolute atomic E-state index is 12.7. The zero-order valence-electron chi connectivity index (χ0n) is 13.7. The molecule has 0 bridgehead atoms. The summed E-state index contributed by atoms with van der Waals surface area (Å²) in [5.74, 6) is -1.21. The van der Waals surface area contributed by atoms with Gasteiger partial charge in [0.1, 0.15) is 0 Å². The Morgan fingerprint density at radius 1 is 1.30 bits per heavy atom. The van der Waals surface area contributed by atoms with Gasteiger partial charge in [-0.3, -0.25) is 14.0 Å². The van der Waals surface area contributed by atoms with Crippen LogP contribution in [0.1, 0.15) is 18.4 Å². The van der Waals surface area contributed by atoms with Crippen LogP contribution in [0.5, 0.6) is 0 Å². The summed E-state index contributed by atoms with van der Waals surface area (Å²) in [6.45, 7) is -0.359. The Morgan fingerprint density at radius 3 is 2.48 bits per heavy atom. The first kappa shape index (κ1) is 19.1. The third-order valence-corrected chi connectivity index (χ3v) is 3.92. The Labute approximate surface area is 136 Å². The van der Waals surface area contributed by atoms with Crippen LogP contribution in [-0.2, 0) is 20.7 Å². The minimum atomic E-state index is -0.552. The topological polar surface area (TPSA) is 72.6 Å². The molecule has 0 aliphatic carbocycles. The van der Waals surface area contributed by atoms with Crippen molar-refractivity contribution in [3.05, 3.63) is 35.9 Å². The molecule has 0 saturated heterocycles. The maximum Gasteiger partial charge on any atom is 0.306 e. The van der Waals surface area contributed by atoms with Crippen LogP contribution in [0.3, 0.4) is 0 Å². The Morgan fingerprint density at radius 2 is 1.96 bits per heavy atom. The van der Waals surface area contributed by atoms with Gasteiger partial charge in [-0.1, -0.05) is 30.3 Å². The lowest BCUT2D eigenvalue weighted by atomic mass is 9.94. The number of carbonyl (C=O) groups excluding carboxylic acids is 2. The maximum atomic E-state index is 12.7. The van der Waals surface area contributed by atoms with Crippen molar-refractivity contribution in [2.24, 2.45) is 11.7 Å². The molecule has 2 N–H and O–H groups in total. The summed E-state index contributed by atoms with van der Waals surface area (Å²) in [7, 11) is 2.90. The Kier molecular flexibility index (Phi) is 8.26. The van der Waals surface area contributed by atoms with Crippen LogP contribution in [0.25, 0.3) is 0 Å². The molecule has 23 heavy (non-hydrogen) atoms. The van der Waals surface area contributed by atoms with Gasteiger partial charge in [-0.15, -0.1) is 0 Å². The number of alkyl halides is 1. The first-order chi connectivity index (χ1) is 11.0. The van der Waals surface area contributed by atoms with Crippen molar-refractivity contribution in [1.82, 2.24) is 4.90 Å². The molecule has 5 nitrogen and oxygen atoms in total. The average Bonchev–Trinajstić information content (AvgIpc) is 2.58. The van der Waals surface area contributed by atoms with Gasteiger partial charge in [0.25, 0.3) is 0 Å². The summed E-state index contributed by atoms with van der Waals surface area (Å²) in [6, 6.07) is 9.08. The molecule has 0 unspecified atom stereocenters. The van der Waals surface area contributed by atoms with Gasteiger partial charge < -0.3 is 15.4 Å². The van der Waals surface area contributed by atoms with Crippen molar-refractivity contribution in [1.29, 1.82) is 0 Å².